The van der Waals surface area contributed by atoms with Crippen LogP contribution < -0.4 is 10.2 Å². The summed E-state index contributed by atoms with van der Waals surface area (Å²) in [7, 11) is 1.43. The molecule has 126 valence electrons. The summed E-state index contributed by atoms with van der Waals surface area (Å²) in [6, 6.07) is 5.80. The molecule has 24 heavy (non-hydrogen) atoms. The van der Waals surface area contributed by atoms with Crippen molar-refractivity contribution in [2.45, 2.75) is 12.3 Å². The SMILES string of the molecule is COCC(=O)Nc1nnc(C2CC(=O)N(c3ccc(F)cc3)C2)s1. The van der Waals surface area contributed by atoms with E-state index >= 15 is 0 Å². The van der Waals surface area contributed by atoms with Gasteiger partial charge in [-0.05, 0) is 24.3 Å². The molecule has 3 rings (SSSR count). The van der Waals surface area contributed by atoms with Crippen molar-refractivity contribution in [3.63, 3.8) is 0 Å². The summed E-state index contributed by atoms with van der Waals surface area (Å²) < 4.78 is 17.7. The molecule has 1 aromatic carbocycles. The molecule has 0 aliphatic carbocycles. The molecule has 2 aromatic rings. The number of ether oxygens (including phenoxy) is 1. The number of amides is 2. The fourth-order valence-corrected chi connectivity index (χ4v) is 3.33. The Balaban J connectivity index is 1.68. The Labute approximate surface area is 141 Å². The van der Waals surface area contributed by atoms with Gasteiger partial charge in [-0.1, -0.05) is 11.3 Å². The van der Waals surface area contributed by atoms with Crippen LogP contribution in [0.15, 0.2) is 24.3 Å². The number of halogens is 1. The molecule has 7 nitrogen and oxygen atoms in total. The normalized spacial score (nSPS) is 17.3. The summed E-state index contributed by atoms with van der Waals surface area (Å²) in [5, 5.41) is 11.6. The molecule has 2 amide bonds. The van der Waals surface area contributed by atoms with Crippen LogP contribution in [0, 0.1) is 5.82 Å². The van der Waals surface area contributed by atoms with Gasteiger partial charge in [0.15, 0.2) is 0 Å². The molecule has 0 bridgehead atoms. The summed E-state index contributed by atoms with van der Waals surface area (Å²) >= 11 is 1.24. The molecule has 1 saturated heterocycles. The third-order valence-corrected chi connectivity index (χ3v) is 4.58. The van der Waals surface area contributed by atoms with Crippen LogP contribution in [0.4, 0.5) is 15.2 Å². The Kier molecular flexibility index (Phi) is 4.81. The van der Waals surface area contributed by atoms with E-state index in [0.717, 1.165) is 0 Å². The Hall–Kier alpha value is -2.39. The molecular formula is C15H15FN4O3S. The highest BCUT2D eigenvalue weighted by Crippen LogP contribution is 2.34. The number of nitrogens with one attached hydrogen (secondary N) is 1. The van der Waals surface area contributed by atoms with Crippen LogP contribution in [0.2, 0.25) is 0 Å². The molecule has 0 spiro atoms. The van der Waals surface area contributed by atoms with E-state index in [1.165, 1.54) is 30.6 Å². The first-order valence-corrected chi connectivity index (χ1v) is 8.06. The smallest absolute Gasteiger partial charge is 0.252 e. The monoisotopic (exact) mass is 350 g/mol. The van der Waals surface area contributed by atoms with Gasteiger partial charge in [0.2, 0.25) is 11.0 Å². The number of carbonyl (C=O) groups is 2. The van der Waals surface area contributed by atoms with Gasteiger partial charge in [-0.2, -0.15) is 0 Å². The summed E-state index contributed by atoms with van der Waals surface area (Å²) in [5.41, 5.74) is 0.655. The Morgan fingerprint density at radius 3 is 2.88 bits per heavy atom. The zero-order valence-electron chi connectivity index (χ0n) is 12.9. The predicted molar refractivity (Wildman–Crippen MR) is 86.5 cm³/mol. The lowest BCUT2D eigenvalue weighted by Gasteiger charge is -2.16. The van der Waals surface area contributed by atoms with Crippen LogP contribution in [-0.4, -0.2) is 42.3 Å². The summed E-state index contributed by atoms with van der Waals surface area (Å²) in [6.07, 6.45) is 0.304. The predicted octanol–water partition coefficient (Wildman–Crippen LogP) is 1.78. The molecule has 1 aliphatic rings. The van der Waals surface area contributed by atoms with E-state index in [0.29, 0.717) is 28.8 Å². The van der Waals surface area contributed by atoms with E-state index in [2.05, 4.69) is 15.5 Å². The number of aromatic nitrogens is 2. The second-order valence-electron chi connectivity index (χ2n) is 5.31. The van der Waals surface area contributed by atoms with Crippen molar-refractivity contribution in [1.29, 1.82) is 0 Å². The fraction of sp³-hybridized carbons (Fsp3) is 0.333. The minimum absolute atomic E-state index is 0.0493. The number of hydrogen-bond acceptors (Lipinski definition) is 6. The largest absolute Gasteiger partial charge is 0.375 e. The lowest BCUT2D eigenvalue weighted by Crippen LogP contribution is -2.24. The van der Waals surface area contributed by atoms with Crippen molar-refractivity contribution < 1.29 is 18.7 Å². The number of benzene rings is 1. The van der Waals surface area contributed by atoms with Crippen molar-refractivity contribution in [1.82, 2.24) is 10.2 Å². The fourth-order valence-electron chi connectivity index (χ4n) is 2.48. The molecule has 1 atom stereocenters. The van der Waals surface area contributed by atoms with Gasteiger partial charge in [0, 0.05) is 31.7 Å². The zero-order chi connectivity index (χ0) is 17.1. The standard InChI is InChI=1S/C15H15FN4O3S/c1-23-8-12(21)17-15-19-18-14(24-15)9-6-13(22)20(7-9)11-4-2-10(16)3-5-11/h2-5,9H,6-8H2,1H3,(H,17,19,21). The molecule has 9 heteroatoms. The molecule has 1 aromatic heterocycles. The van der Waals surface area contributed by atoms with Gasteiger partial charge >= 0.3 is 0 Å². The minimum Gasteiger partial charge on any atom is -0.375 e. The van der Waals surface area contributed by atoms with Crippen LogP contribution in [-0.2, 0) is 14.3 Å². The van der Waals surface area contributed by atoms with E-state index < -0.39 is 0 Å². The molecule has 1 aliphatic heterocycles. The lowest BCUT2D eigenvalue weighted by molar-refractivity contribution is -0.119. The summed E-state index contributed by atoms with van der Waals surface area (Å²) in [4.78, 5) is 25.3. The molecule has 0 saturated carbocycles. The van der Waals surface area contributed by atoms with Crippen LogP contribution >= 0.6 is 11.3 Å². The first kappa shape index (κ1) is 16.5. The summed E-state index contributed by atoms with van der Waals surface area (Å²) in [6.45, 7) is 0.389. The maximum absolute atomic E-state index is 13.0. The Morgan fingerprint density at radius 2 is 2.17 bits per heavy atom. The third-order valence-electron chi connectivity index (χ3n) is 3.57. The lowest BCUT2D eigenvalue weighted by atomic mass is 10.1. The minimum atomic E-state index is -0.345. The van der Waals surface area contributed by atoms with Crippen LogP contribution in [0.3, 0.4) is 0 Å². The molecule has 1 N–H and O–H groups in total. The second-order valence-corrected chi connectivity index (χ2v) is 6.32. The van der Waals surface area contributed by atoms with Crippen LogP contribution in [0.25, 0.3) is 0 Å². The van der Waals surface area contributed by atoms with E-state index in [4.69, 9.17) is 4.74 Å². The number of anilines is 2. The highest BCUT2D eigenvalue weighted by molar-refractivity contribution is 7.15. The van der Waals surface area contributed by atoms with E-state index in [1.807, 2.05) is 0 Å². The van der Waals surface area contributed by atoms with E-state index in [-0.39, 0.29) is 30.2 Å². The molecule has 0 radical (unpaired) electrons. The van der Waals surface area contributed by atoms with Crippen LogP contribution in [0.1, 0.15) is 17.3 Å². The van der Waals surface area contributed by atoms with Crippen molar-refractivity contribution >= 4 is 34.0 Å². The molecular weight excluding hydrogens is 335 g/mol. The van der Waals surface area contributed by atoms with Crippen molar-refractivity contribution in [2.24, 2.45) is 0 Å². The average Bonchev–Trinajstić information content (AvgIpc) is 3.15. The number of nitrogens with zero attached hydrogens (tertiary/aromatic N) is 3. The maximum atomic E-state index is 13.0. The second kappa shape index (κ2) is 7.02. The Bertz CT molecular complexity index is 749. The topological polar surface area (TPSA) is 84.4 Å². The van der Waals surface area contributed by atoms with Gasteiger partial charge in [0.05, 0.1) is 0 Å². The summed E-state index contributed by atoms with van der Waals surface area (Å²) in [5.74, 6) is -0.807. The Morgan fingerprint density at radius 1 is 1.42 bits per heavy atom. The highest BCUT2D eigenvalue weighted by atomic mass is 32.1. The highest BCUT2D eigenvalue weighted by Gasteiger charge is 2.33. The first-order valence-electron chi connectivity index (χ1n) is 7.25. The zero-order valence-corrected chi connectivity index (χ0v) is 13.7. The third kappa shape index (κ3) is 3.57. The van der Waals surface area contributed by atoms with E-state index in [9.17, 15) is 14.0 Å². The van der Waals surface area contributed by atoms with Gasteiger partial charge in [-0.3, -0.25) is 14.9 Å². The molecule has 1 fully saturated rings. The molecule has 2 heterocycles. The van der Waals surface area contributed by atoms with Gasteiger partial charge in [-0.15, -0.1) is 10.2 Å². The number of rotatable bonds is 5. The maximum Gasteiger partial charge on any atom is 0.252 e. The molecule has 1 unspecified atom stereocenters. The van der Waals surface area contributed by atoms with Crippen molar-refractivity contribution in [3.8, 4) is 0 Å². The number of carbonyl (C=O) groups excluding carboxylic acids is 2. The first-order chi connectivity index (χ1) is 11.6. The van der Waals surface area contributed by atoms with Gasteiger partial charge in [-0.25, -0.2) is 4.39 Å². The quantitative estimate of drug-likeness (QED) is 0.889. The number of hydrogen-bond donors (Lipinski definition) is 1. The average molecular weight is 350 g/mol. The van der Waals surface area contributed by atoms with Crippen molar-refractivity contribution in [2.75, 3.05) is 30.5 Å². The van der Waals surface area contributed by atoms with Gasteiger partial charge in [0.1, 0.15) is 17.4 Å². The number of methoxy groups -OCH3 is 1. The van der Waals surface area contributed by atoms with Crippen LogP contribution in [0.5, 0.6) is 0 Å². The van der Waals surface area contributed by atoms with E-state index in [1.54, 1.807) is 17.0 Å². The van der Waals surface area contributed by atoms with Gasteiger partial charge < -0.3 is 9.64 Å². The van der Waals surface area contributed by atoms with Gasteiger partial charge in [0.25, 0.3) is 5.91 Å². The van der Waals surface area contributed by atoms with Crippen molar-refractivity contribution in [3.05, 3.63) is 35.1 Å².